The van der Waals surface area contributed by atoms with E-state index in [1.807, 2.05) is 6.07 Å². The lowest BCUT2D eigenvalue weighted by Crippen LogP contribution is -2.27. The number of nitrogens with zero attached hydrogens (tertiary/aromatic N) is 1. The van der Waals surface area contributed by atoms with E-state index in [0.717, 1.165) is 25.1 Å². The van der Waals surface area contributed by atoms with E-state index in [1.165, 1.54) is 11.3 Å². The summed E-state index contributed by atoms with van der Waals surface area (Å²) in [6.07, 6.45) is 5.57. The van der Waals surface area contributed by atoms with Crippen molar-refractivity contribution >= 4 is 5.69 Å². The number of benzene rings is 1. The van der Waals surface area contributed by atoms with Crippen LogP contribution in [0.4, 0.5) is 5.69 Å². The molecule has 0 aliphatic carbocycles. The fourth-order valence-corrected chi connectivity index (χ4v) is 2.03. The van der Waals surface area contributed by atoms with Crippen LogP contribution >= 0.6 is 0 Å². The van der Waals surface area contributed by atoms with Crippen molar-refractivity contribution in [2.45, 2.75) is 20.0 Å². The summed E-state index contributed by atoms with van der Waals surface area (Å²) >= 11 is 0. The molecule has 0 unspecified atom stereocenters. The molecule has 0 radical (unpaired) electrons. The molecule has 1 aliphatic rings. The monoisotopic (exact) mass is 203 g/mol. The molecule has 0 saturated heterocycles. The lowest BCUT2D eigenvalue weighted by Gasteiger charge is -2.27. The van der Waals surface area contributed by atoms with Gasteiger partial charge in [-0.3, -0.25) is 0 Å². The van der Waals surface area contributed by atoms with Gasteiger partial charge in [0.25, 0.3) is 0 Å². The number of aryl methyl sites for hydroxylation is 1. The molecule has 80 valence electrons. The topological polar surface area (TPSA) is 23.5 Å². The average Bonchev–Trinajstić information content (AvgIpc) is 2.30. The van der Waals surface area contributed by atoms with E-state index in [2.05, 4.69) is 36.1 Å². The molecule has 0 bridgehead atoms. The summed E-state index contributed by atoms with van der Waals surface area (Å²) in [5.74, 6) is 0. The third-order valence-electron chi connectivity index (χ3n) is 2.84. The highest BCUT2D eigenvalue weighted by Crippen LogP contribution is 2.22. The maximum atomic E-state index is 9.04. The molecule has 1 aliphatic heterocycles. The standard InChI is InChI=1S/C13H17NO/c1-11-9-12(10-15)5-6-13(11)14-7-3-2-4-8-14/h2-3,5-6,9,15H,4,7-8,10H2,1H3. The zero-order chi connectivity index (χ0) is 10.7. The fourth-order valence-electron chi connectivity index (χ4n) is 2.03. The van der Waals surface area contributed by atoms with Gasteiger partial charge in [0, 0.05) is 18.8 Å². The highest BCUT2D eigenvalue weighted by molar-refractivity contribution is 5.55. The molecule has 1 aromatic carbocycles. The van der Waals surface area contributed by atoms with Crippen molar-refractivity contribution in [3.63, 3.8) is 0 Å². The number of aliphatic hydroxyl groups excluding tert-OH is 1. The van der Waals surface area contributed by atoms with Gasteiger partial charge in [-0.2, -0.15) is 0 Å². The maximum absolute atomic E-state index is 9.04. The highest BCUT2D eigenvalue weighted by Gasteiger charge is 2.09. The Labute approximate surface area is 90.8 Å². The molecule has 15 heavy (non-hydrogen) atoms. The summed E-state index contributed by atoms with van der Waals surface area (Å²) in [4.78, 5) is 2.37. The number of aliphatic hydroxyl groups is 1. The summed E-state index contributed by atoms with van der Waals surface area (Å²) < 4.78 is 0. The van der Waals surface area contributed by atoms with Gasteiger partial charge < -0.3 is 10.0 Å². The van der Waals surface area contributed by atoms with Crippen LogP contribution in [-0.2, 0) is 6.61 Å². The van der Waals surface area contributed by atoms with Crippen LogP contribution in [0.3, 0.4) is 0 Å². The number of hydrogen-bond donors (Lipinski definition) is 1. The zero-order valence-electron chi connectivity index (χ0n) is 9.11. The van der Waals surface area contributed by atoms with Gasteiger partial charge >= 0.3 is 0 Å². The molecule has 1 aromatic rings. The minimum absolute atomic E-state index is 0.126. The van der Waals surface area contributed by atoms with Gasteiger partial charge in [0.15, 0.2) is 0 Å². The number of rotatable bonds is 2. The van der Waals surface area contributed by atoms with Crippen LogP contribution in [0.1, 0.15) is 17.5 Å². The largest absolute Gasteiger partial charge is 0.392 e. The van der Waals surface area contributed by atoms with Crippen molar-refractivity contribution < 1.29 is 5.11 Å². The van der Waals surface area contributed by atoms with E-state index < -0.39 is 0 Å². The fraction of sp³-hybridized carbons (Fsp3) is 0.385. The van der Waals surface area contributed by atoms with Crippen molar-refractivity contribution in [2.24, 2.45) is 0 Å². The molecule has 2 nitrogen and oxygen atoms in total. The van der Waals surface area contributed by atoms with E-state index in [1.54, 1.807) is 0 Å². The number of anilines is 1. The van der Waals surface area contributed by atoms with Gasteiger partial charge in [-0.25, -0.2) is 0 Å². The second kappa shape index (κ2) is 4.49. The first-order valence-electron chi connectivity index (χ1n) is 5.41. The molecule has 1 N–H and O–H groups in total. The highest BCUT2D eigenvalue weighted by atomic mass is 16.3. The predicted molar refractivity (Wildman–Crippen MR) is 63.1 cm³/mol. The first-order valence-corrected chi connectivity index (χ1v) is 5.41. The third kappa shape index (κ3) is 2.21. The van der Waals surface area contributed by atoms with Gasteiger partial charge in [0.05, 0.1) is 6.61 Å². The lowest BCUT2D eigenvalue weighted by molar-refractivity contribution is 0.282. The van der Waals surface area contributed by atoms with Crippen molar-refractivity contribution in [3.8, 4) is 0 Å². The molecular weight excluding hydrogens is 186 g/mol. The minimum atomic E-state index is 0.126. The second-order valence-corrected chi connectivity index (χ2v) is 3.99. The van der Waals surface area contributed by atoms with Crippen molar-refractivity contribution in [3.05, 3.63) is 41.5 Å². The quantitative estimate of drug-likeness (QED) is 0.745. The summed E-state index contributed by atoms with van der Waals surface area (Å²) in [7, 11) is 0. The van der Waals surface area contributed by atoms with Crippen LogP contribution in [0.2, 0.25) is 0 Å². The van der Waals surface area contributed by atoms with Gasteiger partial charge in [0.2, 0.25) is 0 Å². The van der Waals surface area contributed by atoms with E-state index in [4.69, 9.17) is 5.11 Å². The molecule has 0 saturated carbocycles. The first kappa shape index (κ1) is 10.2. The maximum Gasteiger partial charge on any atom is 0.0681 e. The summed E-state index contributed by atoms with van der Waals surface area (Å²) in [6.45, 7) is 4.32. The Morgan fingerprint density at radius 2 is 2.20 bits per heavy atom. The first-order chi connectivity index (χ1) is 7.31. The Bertz CT molecular complexity index is 371. The summed E-state index contributed by atoms with van der Waals surface area (Å²) in [6, 6.07) is 6.17. The van der Waals surface area contributed by atoms with E-state index in [0.29, 0.717) is 0 Å². The molecular formula is C13H17NO. The van der Waals surface area contributed by atoms with Gasteiger partial charge in [-0.15, -0.1) is 0 Å². The van der Waals surface area contributed by atoms with E-state index in [-0.39, 0.29) is 6.61 Å². The SMILES string of the molecule is Cc1cc(CO)ccc1N1CC=CCC1. The third-order valence-corrected chi connectivity index (χ3v) is 2.84. The van der Waals surface area contributed by atoms with Crippen molar-refractivity contribution in [1.82, 2.24) is 0 Å². The van der Waals surface area contributed by atoms with Crippen LogP contribution in [-0.4, -0.2) is 18.2 Å². The predicted octanol–water partition coefficient (Wildman–Crippen LogP) is 2.25. The average molecular weight is 203 g/mol. The van der Waals surface area contributed by atoms with Gasteiger partial charge in [-0.1, -0.05) is 24.3 Å². The molecule has 0 aromatic heterocycles. The molecule has 0 atom stereocenters. The van der Waals surface area contributed by atoms with Crippen molar-refractivity contribution in [2.75, 3.05) is 18.0 Å². The van der Waals surface area contributed by atoms with E-state index >= 15 is 0 Å². The minimum Gasteiger partial charge on any atom is -0.392 e. The van der Waals surface area contributed by atoms with Crippen LogP contribution in [0.25, 0.3) is 0 Å². The van der Waals surface area contributed by atoms with Gasteiger partial charge in [-0.05, 0) is 30.5 Å². The molecule has 0 amide bonds. The molecule has 0 spiro atoms. The summed E-state index contributed by atoms with van der Waals surface area (Å²) in [5.41, 5.74) is 3.53. The van der Waals surface area contributed by atoms with Gasteiger partial charge in [0.1, 0.15) is 0 Å². The molecule has 2 heteroatoms. The molecule has 2 rings (SSSR count). The Morgan fingerprint density at radius 1 is 1.33 bits per heavy atom. The number of hydrogen-bond acceptors (Lipinski definition) is 2. The molecule has 0 fully saturated rings. The Balaban J connectivity index is 2.24. The Kier molecular flexibility index (Phi) is 3.07. The van der Waals surface area contributed by atoms with Crippen LogP contribution in [0.5, 0.6) is 0 Å². The van der Waals surface area contributed by atoms with Crippen LogP contribution in [0.15, 0.2) is 30.4 Å². The Morgan fingerprint density at radius 3 is 2.80 bits per heavy atom. The van der Waals surface area contributed by atoms with Crippen LogP contribution in [0, 0.1) is 6.92 Å². The molecule has 1 heterocycles. The lowest BCUT2D eigenvalue weighted by atomic mass is 10.1. The normalized spacial score (nSPS) is 15.7. The smallest absolute Gasteiger partial charge is 0.0681 e. The Hall–Kier alpha value is -1.28. The summed E-state index contributed by atoms with van der Waals surface area (Å²) in [5, 5.41) is 9.04. The van der Waals surface area contributed by atoms with Crippen molar-refractivity contribution in [1.29, 1.82) is 0 Å². The van der Waals surface area contributed by atoms with Crippen LogP contribution < -0.4 is 4.90 Å². The second-order valence-electron chi connectivity index (χ2n) is 3.99. The zero-order valence-corrected chi connectivity index (χ0v) is 9.11. The van der Waals surface area contributed by atoms with E-state index in [9.17, 15) is 0 Å².